The lowest BCUT2D eigenvalue weighted by Gasteiger charge is -2.01. The average molecular weight is 125 g/mol. The molecule has 2 fully saturated rings. The van der Waals surface area contributed by atoms with Crippen molar-refractivity contribution in [2.75, 3.05) is 0 Å². The first-order valence-corrected chi connectivity index (χ1v) is 3.72. The highest BCUT2D eigenvalue weighted by Crippen LogP contribution is 2.71. The number of fused-ring (bicyclic) bond motifs is 1. The molecule has 0 saturated heterocycles. The molecule has 2 saturated carbocycles. The molecule has 0 amide bonds. The molecule has 0 N–H and O–H groups in total. The Labute approximate surface area is 54.6 Å². The minimum Gasteiger partial charge on any atom is -0.150 e. The SMILES string of the molecule is CCCC1C2C(N=O)C12. The van der Waals surface area contributed by atoms with Gasteiger partial charge in [0.05, 0.1) is 6.04 Å². The number of hydrogen-bond donors (Lipinski definition) is 0. The van der Waals surface area contributed by atoms with Crippen LogP contribution in [0.5, 0.6) is 0 Å². The van der Waals surface area contributed by atoms with Gasteiger partial charge in [-0.2, -0.15) is 4.91 Å². The lowest BCUT2D eigenvalue weighted by molar-refractivity contribution is 0.510. The monoisotopic (exact) mass is 125 g/mol. The van der Waals surface area contributed by atoms with Crippen molar-refractivity contribution in [1.29, 1.82) is 0 Å². The molecule has 0 aromatic rings. The third-order valence-electron chi connectivity index (χ3n) is 2.68. The zero-order valence-corrected chi connectivity index (χ0v) is 5.58. The smallest absolute Gasteiger partial charge is 0.0988 e. The van der Waals surface area contributed by atoms with Gasteiger partial charge in [0.2, 0.25) is 0 Å². The van der Waals surface area contributed by atoms with Crippen LogP contribution in [-0.2, 0) is 0 Å². The lowest BCUT2D eigenvalue weighted by Crippen LogP contribution is -2.01. The standard InChI is InChI=1S/C7H11NO/c1-2-3-4-5-6(4)7(5)8-9/h4-7H,2-3H2,1H3. The fraction of sp³-hybridized carbons (Fsp3) is 1.00. The maximum absolute atomic E-state index is 9.91. The molecular weight excluding hydrogens is 114 g/mol. The summed E-state index contributed by atoms with van der Waals surface area (Å²) >= 11 is 0. The highest BCUT2D eigenvalue weighted by molar-refractivity contribution is 5.23. The Balaban J connectivity index is 1.74. The van der Waals surface area contributed by atoms with Crippen LogP contribution >= 0.6 is 0 Å². The minimum absolute atomic E-state index is 0.251. The zero-order chi connectivity index (χ0) is 6.43. The molecule has 9 heavy (non-hydrogen) atoms. The second kappa shape index (κ2) is 1.55. The van der Waals surface area contributed by atoms with Crippen molar-refractivity contribution in [1.82, 2.24) is 0 Å². The number of hydrogen-bond acceptors (Lipinski definition) is 2. The number of nitrogens with zero attached hydrogens (tertiary/aromatic N) is 1. The van der Waals surface area contributed by atoms with Crippen LogP contribution in [0.25, 0.3) is 0 Å². The minimum atomic E-state index is 0.251. The number of rotatable bonds is 3. The zero-order valence-electron chi connectivity index (χ0n) is 5.58. The van der Waals surface area contributed by atoms with E-state index in [0.29, 0.717) is 0 Å². The Morgan fingerprint density at radius 1 is 1.44 bits per heavy atom. The molecule has 2 unspecified atom stereocenters. The van der Waals surface area contributed by atoms with Gasteiger partial charge in [-0.3, -0.25) is 0 Å². The van der Waals surface area contributed by atoms with Gasteiger partial charge in [-0.15, -0.1) is 0 Å². The summed E-state index contributed by atoms with van der Waals surface area (Å²) in [6.45, 7) is 2.20. The van der Waals surface area contributed by atoms with Gasteiger partial charge in [-0.05, 0) is 24.2 Å². The van der Waals surface area contributed by atoms with E-state index in [1.54, 1.807) is 0 Å². The Morgan fingerprint density at radius 2 is 2.11 bits per heavy atom. The van der Waals surface area contributed by atoms with Gasteiger partial charge in [0, 0.05) is 0 Å². The maximum Gasteiger partial charge on any atom is 0.0988 e. The Morgan fingerprint density at radius 3 is 2.56 bits per heavy atom. The largest absolute Gasteiger partial charge is 0.150 e. The van der Waals surface area contributed by atoms with E-state index in [9.17, 15) is 4.91 Å². The van der Waals surface area contributed by atoms with E-state index in [4.69, 9.17) is 0 Å². The topological polar surface area (TPSA) is 29.4 Å². The molecule has 2 heteroatoms. The summed E-state index contributed by atoms with van der Waals surface area (Å²) in [5.74, 6) is 2.38. The van der Waals surface area contributed by atoms with E-state index < -0.39 is 0 Å². The first-order valence-electron chi connectivity index (χ1n) is 3.72. The Bertz CT molecular complexity index is 136. The van der Waals surface area contributed by atoms with Crippen LogP contribution in [0, 0.1) is 22.7 Å². The summed E-state index contributed by atoms with van der Waals surface area (Å²) < 4.78 is 0. The van der Waals surface area contributed by atoms with Gasteiger partial charge in [0.1, 0.15) is 0 Å². The Kier molecular flexibility index (Phi) is 0.930. The van der Waals surface area contributed by atoms with Crippen LogP contribution in [0.3, 0.4) is 0 Å². The molecule has 2 aliphatic carbocycles. The number of nitroso groups, excluding NO2 is 1. The van der Waals surface area contributed by atoms with Crippen LogP contribution in [0.2, 0.25) is 0 Å². The third kappa shape index (κ3) is 0.562. The summed E-state index contributed by atoms with van der Waals surface area (Å²) in [6.07, 6.45) is 2.59. The molecule has 0 radical (unpaired) electrons. The van der Waals surface area contributed by atoms with E-state index in [1.807, 2.05) is 0 Å². The first-order chi connectivity index (χ1) is 4.40. The van der Waals surface area contributed by atoms with E-state index in [-0.39, 0.29) is 6.04 Å². The van der Waals surface area contributed by atoms with Crippen molar-refractivity contribution in [2.24, 2.45) is 22.9 Å². The molecule has 2 atom stereocenters. The van der Waals surface area contributed by atoms with Crippen molar-refractivity contribution in [3.8, 4) is 0 Å². The molecule has 0 heterocycles. The van der Waals surface area contributed by atoms with Crippen LogP contribution < -0.4 is 0 Å². The second-order valence-corrected chi connectivity index (χ2v) is 3.20. The molecule has 2 aliphatic rings. The van der Waals surface area contributed by atoms with E-state index in [2.05, 4.69) is 12.1 Å². The van der Waals surface area contributed by atoms with Crippen LogP contribution in [0.4, 0.5) is 0 Å². The quantitative estimate of drug-likeness (QED) is 0.529. The van der Waals surface area contributed by atoms with Gasteiger partial charge >= 0.3 is 0 Å². The van der Waals surface area contributed by atoms with Crippen LogP contribution in [-0.4, -0.2) is 6.04 Å². The van der Waals surface area contributed by atoms with Crippen molar-refractivity contribution in [3.63, 3.8) is 0 Å². The van der Waals surface area contributed by atoms with Crippen LogP contribution in [0.1, 0.15) is 19.8 Å². The molecule has 0 bridgehead atoms. The van der Waals surface area contributed by atoms with Gasteiger partial charge in [0.15, 0.2) is 0 Å². The van der Waals surface area contributed by atoms with Gasteiger partial charge in [0.25, 0.3) is 0 Å². The lowest BCUT2D eigenvalue weighted by atomic mass is 10.1. The summed E-state index contributed by atoms with van der Waals surface area (Å²) in [4.78, 5) is 9.91. The van der Waals surface area contributed by atoms with Crippen molar-refractivity contribution in [2.45, 2.75) is 25.8 Å². The summed E-state index contributed by atoms with van der Waals surface area (Å²) in [7, 11) is 0. The van der Waals surface area contributed by atoms with E-state index >= 15 is 0 Å². The predicted molar refractivity (Wildman–Crippen MR) is 35.0 cm³/mol. The second-order valence-electron chi connectivity index (χ2n) is 3.20. The molecule has 0 aromatic carbocycles. The normalized spacial score (nSPS) is 52.1. The molecule has 0 aliphatic heterocycles. The van der Waals surface area contributed by atoms with Crippen molar-refractivity contribution in [3.05, 3.63) is 4.91 Å². The molecule has 0 spiro atoms. The average Bonchev–Trinajstić information content (AvgIpc) is 2.67. The van der Waals surface area contributed by atoms with E-state index in [0.717, 1.165) is 17.8 Å². The third-order valence-corrected chi connectivity index (χ3v) is 2.68. The van der Waals surface area contributed by atoms with Gasteiger partial charge in [-0.1, -0.05) is 18.5 Å². The summed E-state index contributed by atoms with van der Waals surface area (Å²) in [6, 6.07) is 0.251. The summed E-state index contributed by atoms with van der Waals surface area (Å²) in [5, 5.41) is 3.01. The predicted octanol–water partition coefficient (Wildman–Crippen LogP) is 1.80. The fourth-order valence-corrected chi connectivity index (χ4v) is 1.99. The molecular formula is C7H11NO. The van der Waals surface area contributed by atoms with Gasteiger partial charge < -0.3 is 0 Å². The molecule has 2 rings (SSSR count). The summed E-state index contributed by atoms with van der Waals surface area (Å²) in [5.41, 5.74) is 0. The van der Waals surface area contributed by atoms with Gasteiger partial charge in [-0.25, -0.2) is 0 Å². The molecule has 50 valence electrons. The maximum atomic E-state index is 9.91. The van der Waals surface area contributed by atoms with Crippen LogP contribution in [0.15, 0.2) is 5.18 Å². The Hall–Kier alpha value is -0.400. The highest BCUT2D eigenvalue weighted by Gasteiger charge is 2.74. The van der Waals surface area contributed by atoms with E-state index in [1.165, 1.54) is 12.8 Å². The van der Waals surface area contributed by atoms with Crippen molar-refractivity contribution < 1.29 is 0 Å². The highest BCUT2D eigenvalue weighted by atomic mass is 16.3. The fourth-order valence-electron chi connectivity index (χ4n) is 1.99. The van der Waals surface area contributed by atoms with Crippen molar-refractivity contribution >= 4 is 0 Å². The molecule has 0 aromatic heterocycles. The molecule has 2 nitrogen and oxygen atoms in total. The first kappa shape index (κ1) is 5.39.